The number of hydrogen-bond acceptors (Lipinski definition) is 5. The molecule has 3 atom stereocenters. The molecular weight excluding hydrogens is 380 g/mol. The zero-order valence-electron chi connectivity index (χ0n) is 18.0. The molecule has 1 aromatic heterocycles. The lowest BCUT2D eigenvalue weighted by molar-refractivity contribution is -0.161. The zero-order valence-corrected chi connectivity index (χ0v) is 18.0. The van der Waals surface area contributed by atoms with Crippen molar-refractivity contribution in [3.63, 3.8) is 0 Å². The minimum absolute atomic E-state index is 0.112. The van der Waals surface area contributed by atoms with Gasteiger partial charge < -0.3 is 14.2 Å². The van der Waals surface area contributed by atoms with E-state index in [1.807, 2.05) is 49.1 Å². The van der Waals surface area contributed by atoms with Crippen molar-refractivity contribution in [2.24, 2.45) is 17.3 Å². The lowest BCUT2D eigenvalue weighted by Gasteiger charge is -2.40. The predicted molar refractivity (Wildman–Crippen MR) is 113 cm³/mol. The average Bonchev–Trinajstić information content (AvgIpc) is 3.29. The van der Waals surface area contributed by atoms with Gasteiger partial charge in [-0.25, -0.2) is 0 Å². The molecule has 2 fully saturated rings. The van der Waals surface area contributed by atoms with Crippen LogP contribution in [0.1, 0.15) is 44.4 Å². The van der Waals surface area contributed by atoms with E-state index in [2.05, 4.69) is 12.1 Å². The summed E-state index contributed by atoms with van der Waals surface area (Å²) in [5.74, 6) is 1.13. The Morgan fingerprint density at radius 2 is 2.10 bits per heavy atom. The highest BCUT2D eigenvalue weighted by molar-refractivity contribution is 5.84. The number of aryl methyl sites for hydroxylation is 1. The van der Waals surface area contributed by atoms with Crippen LogP contribution in [0.15, 0.2) is 34.9 Å². The van der Waals surface area contributed by atoms with Gasteiger partial charge in [-0.15, -0.1) is 0 Å². The maximum absolute atomic E-state index is 13.1. The van der Waals surface area contributed by atoms with E-state index in [-0.39, 0.29) is 17.8 Å². The van der Waals surface area contributed by atoms with Crippen molar-refractivity contribution in [3.8, 4) is 11.3 Å². The van der Waals surface area contributed by atoms with Crippen LogP contribution in [-0.4, -0.2) is 41.6 Å². The normalized spacial score (nSPS) is 25.8. The van der Waals surface area contributed by atoms with Gasteiger partial charge in [0, 0.05) is 37.1 Å². The number of carbonyl (C=O) groups is 2. The van der Waals surface area contributed by atoms with Crippen molar-refractivity contribution in [3.05, 3.63) is 41.7 Å². The van der Waals surface area contributed by atoms with Crippen LogP contribution in [0.4, 0.5) is 0 Å². The lowest BCUT2D eigenvalue weighted by atomic mass is 9.76. The first-order valence-corrected chi connectivity index (χ1v) is 10.9. The summed E-state index contributed by atoms with van der Waals surface area (Å²) < 4.78 is 11.1. The van der Waals surface area contributed by atoms with Gasteiger partial charge in [0.15, 0.2) is 0 Å². The topological polar surface area (TPSA) is 72.6 Å². The molecule has 1 amide bonds. The fourth-order valence-electron chi connectivity index (χ4n) is 4.60. The molecular formula is C24H30N2O4. The fourth-order valence-corrected chi connectivity index (χ4v) is 4.60. The van der Waals surface area contributed by atoms with Crippen molar-refractivity contribution in [2.45, 2.75) is 46.5 Å². The maximum atomic E-state index is 13.1. The molecule has 1 aromatic carbocycles. The lowest BCUT2D eigenvalue weighted by Crippen LogP contribution is -2.52. The Hall–Kier alpha value is -2.63. The van der Waals surface area contributed by atoms with Gasteiger partial charge in [0.25, 0.3) is 0 Å². The summed E-state index contributed by atoms with van der Waals surface area (Å²) in [4.78, 5) is 27.8. The van der Waals surface area contributed by atoms with E-state index in [9.17, 15) is 9.59 Å². The number of likely N-dealkylation sites (tertiary alicyclic amines) is 1. The van der Waals surface area contributed by atoms with Crippen LogP contribution >= 0.6 is 0 Å². The number of amides is 1. The summed E-state index contributed by atoms with van der Waals surface area (Å²) in [7, 11) is 0. The van der Waals surface area contributed by atoms with Gasteiger partial charge in [0.05, 0.1) is 12.0 Å². The number of esters is 1. The maximum Gasteiger partial charge on any atom is 0.314 e. The van der Waals surface area contributed by atoms with E-state index in [1.54, 1.807) is 0 Å². The average molecular weight is 411 g/mol. The van der Waals surface area contributed by atoms with Crippen LogP contribution in [0.25, 0.3) is 11.3 Å². The van der Waals surface area contributed by atoms with E-state index in [0.29, 0.717) is 44.2 Å². The Kier molecular flexibility index (Phi) is 5.67. The molecule has 1 saturated carbocycles. The zero-order chi connectivity index (χ0) is 21.3. The highest BCUT2D eigenvalue weighted by Crippen LogP contribution is 2.42. The summed E-state index contributed by atoms with van der Waals surface area (Å²) in [6.45, 7) is 7.36. The summed E-state index contributed by atoms with van der Waals surface area (Å²) in [6.07, 6.45) is 2.79. The van der Waals surface area contributed by atoms with Gasteiger partial charge >= 0.3 is 5.97 Å². The van der Waals surface area contributed by atoms with Gasteiger partial charge in [-0.1, -0.05) is 36.3 Å². The molecule has 30 heavy (non-hydrogen) atoms. The Morgan fingerprint density at radius 3 is 2.80 bits per heavy atom. The van der Waals surface area contributed by atoms with Gasteiger partial charge in [0.2, 0.25) is 5.91 Å². The highest BCUT2D eigenvalue weighted by atomic mass is 16.5. The quantitative estimate of drug-likeness (QED) is 0.673. The van der Waals surface area contributed by atoms with E-state index in [0.717, 1.165) is 29.7 Å². The molecule has 1 aliphatic heterocycles. The summed E-state index contributed by atoms with van der Waals surface area (Å²) in [5.41, 5.74) is 2.11. The van der Waals surface area contributed by atoms with Crippen molar-refractivity contribution in [2.75, 3.05) is 19.7 Å². The first kappa shape index (κ1) is 20.6. The number of aromatic nitrogens is 1. The van der Waals surface area contributed by atoms with Crippen molar-refractivity contribution in [1.29, 1.82) is 0 Å². The molecule has 0 N–H and O–H groups in total. The molecule has 1 saturated heterocycles. The number of nitrogens with zero attached hydrogens (tertiary/aromatic N) is 2. The Morgan fingerprint density at radius 1 is 1.33 bits per heavy atom. The monoisotopic (exact) mass is 410 g/mol. The molecule has 6 heteroatoms. The van der Waals surface area contributed by atoms with E-state index in [4.69, 9.17) is 9.26 Å². The molecule has 2 aliphatic rings. The second kappa shape index (κ2) is 8.25. The van der Waals surface area contributed by atoms with Crippen LogP contribution in [0, 0.1) is 24.2 Å². The van der Waals surface area contributed by atoms with E-state index >= 15 is 0 Å². The highest BCUT2D eigenvalue weighted by Gasteiger charge is 2.49. The third-order valence-electron chi connectivity index (χ3n) is 6.52. The Balaban J connectivity index is 1.58. The van der Waals surface area contributed by atoms with Crippen LogP contribution in [-0.2, 0) is 20.7 Å². The van der Waals surface area contributed by atoms with Gasteiger partial charge in [0.1, 0.15) is 11.5 Å². The Bertz CT molecular complexity index is 937. The number of benzene rings is 1. The Labute approximate surface area is 177 Å². The van der Waals surface area contributed by atoms with Crippen LogP contribution in [0.5, 0.6) is 0 Å². The smallest absolute Gasteiger partial charge is 0.314 e. The fraction of sp³-hybridized carbons (Fsp3) is 0.542. The third kappa shape index (κ3) is 4.00. The number of hydrogen-bond donors (Lipinski definition) is 0. The molecule has 3 unspecified atom stereocenters. The molecule has 4 rings (SSSR count). The molecule has 0 radical (unpaired) electrons. The van der Waals surface area contributed by atoms with Gasteiger partial charge in [-0.3, -0.25) is 9.59 Å². The second-order valence-electron chi connectivity index (χ2n) is 8.85. The van der Waals surface area contributed by atoms with E-state index in [1.165, 1.54) is 0 Å². The molecule has 160 valence electrons. The minimum atomic E-state index is -0.787. The number of rotatable bonds is 6. The summed E-state index contributed by atoms with van der Waals surface area (Å²) in [5, 5.41) is 4.24. The van der Waals surface area contributed by atoms with Crippen LogP contribution < -0.4 is 0 Å². The number of ether oxygens (including phenoxy) is 1. The van der Waals surface area contributed by atoms with Crippen molar-refractivity contribution in [1.82, 2.24) is 10.1 Å². The number of carbonyl (C=O) groups excluding carboxylic acids is 2. The first-order valence-electron chi connectivity index (χ1n) is 10.9. The van der Waals surface area contributed by atoms with Crippen molar-refractivity contribution < 1.29 is 18.8 Å². The molecule has 1 aliphatic carbocycles. The van der Waals surface area contributed by atoms with Crippen LogP contribution in [0.3, 0.4) is 0 Å². The van der Waals surface area contributed by atoms with Crippen LogP contribution in [0.2, 0.25) is 0 Å². The second-order valence-corrected chi connectivity index (χ2v) is 8.85. The SMILES string of the molecule is CCOC(=O)C1(Cc2cc(-c3ccccc3C)no2)CCCN(C(=O)C2CC2C)C1. The molecule has 6 nitrogen and oxygen atoms in total. The predicted octanol–water partition coefficient (Wildman–Crippen LogP) is 4.02. The van der Waals surface area contributed by atoms with Crippen molar-refractivity contribution >= 4 is 11.9 Å². The number of piperidine rings is 1. The first-order chi connectivity index (χ1) is 14.4. The summed E-state index contributed by atoms with van der Waals surface area (Å²) >= 11 is 0. The van der Waals surface area contributed by atoms with Gasteiger partial charge in [-0.2, -0.15) is 0 Å². The molecule has 0 bridgehead atoms. The van der Waals surface area contributed by atoms with E-state index < -0.39 is 5.41 Å². The third-order valence-corrected chi connectivity index (χ3v) is 6.52. The van der Waals surface area contributed by atoms with Gasteiger partial charge in [-0.05, 0) is 44.6 Å². The molecule has 0 spiro atoms. The molecule has 2 aromatic rings. The standard InChI is InChI=1S/C24H30N2O4/c1-4-29-23(28)24(10-7-11-26(15-24)22(27)20-12-17(20)3)14-18-13-21(25-30-18)19-9-6-5-8-16(19)2/h5-6,8-9,13,17,20H,4,7,10-12,14-15H2,1-3H3. The minimum Gasteiger partial charge on any atom is -0.466 e. The largest absolute Gasteiger partial charge is 0.466 e. The molecule has 2 heterocycles. The summed E-state index contributed by atoms with van der Waals surface area (Å²) in [6, 6.07) is 9.92.